The van der Waals surface area contributed by atoms with Crippen LogP contribution in [0.3, 0.4) is 0 Å². The number of carboxylic acids is 2. The molecule has 2 rings (SSSR count). The van der Waals surface area contributed by atoms with Crippen LogP contribution in [0.2, 0.25) is 0 Å². The first-order chi connectivity index (χ1) is 15.8. The van der Waals surface area contributed by atoms with E-state index in [1.807, 2.05) is 6.92 Å². The largest absolute Gasteiger partial charge is 0.478 e. The summed E-state index contributed by atoms with van der Waals surface area (Å²) in [6.45, 7) is 5.45. The lowest BCUT2D eigenvalue weighted by molar-refractivity contribution is -0.134. The standard InChI is InChI=1S/C21H31N7O5/c1-2-7-24-21(33)27-19-16(17(22)14(20(31)32)12-15(29)30)18(25-13-26-19)23-8-11-28-9-5-3-4-6-10-28/h12-13,22H,2-11H2,1H3,(H,29,30)(H,31,32)(H3,23,24,25,26,27,33). The highest BCUT2D eigenvalue weighted by molar-refractivity contribution is 6.29. The average molecular weight is 462 g/mol. The molecule has 0 bridgehead atoms. The van der Waals surface area contributed by atoms with E-state index in [4.69, 9.17) is 10.5 Å². The van der Waals surface area contributed by atoms with E-state index in [9.17, 15) is 19.5 Å². The normalized spacial score (nSPS) is 14.8. The molecule has 180 valence electrons. The smallest absolute Gasteiger partial charge is 0.338 e. The number of aromatic nitrogens is 2. The van der Waals surface area contributed by atoms with Gasteiger partial charge in [0, 0.05) is 25.7 Å². The third-order valence-electron chi connectivity index (χ3n) is 5.05. The second-order valence-electron chi connectivity index (χ2n) is 7.59. The summed E-state index contributed by atoms with van der Waals surface area (Å²) in [6.07, 6.45) is 6.99. The van der Waals surface area contributed by atoms with E-state index < -0.39 is 29.3 Å². The van der Waals surface area contributed by atoms with Crippen molar-refractivity contribution in [3.8, 4) is 0 Å². The van der Waals surface area contributed by atoms with Gasteiger partial charge in [0.1, 0.15) is 18.0 Å². The van der Waals surface area contributed by atoms with Crippen molar-refractivity contribution in [1.82, 2.24) is 20.2 Å². The number of nitrogens with zero attached hydrogens (tertiary/aromatic N) is 3. The highest BCUT2D eigenvalue weighted by atomic mass is 16.4. The summed E-state index contributed by atoms with van der Waals surface area (Å²) in [6, 6.07) is -0.584. The van der Waals surface area contributed by atoms with Gasteiger partial charge < -0.3 is 25.7 Å². The number of nitrogens with one attached hydrogen (secondary N) is 4. The molecule has 1 saturated heterocycles. The zero-order valence-electron chi connectivity index (χ0n) is 18.7. The lowest BCUT2D eigenvalue weighted by Gasteiger charge is -2.21. The first kappa shape index (κ1) is 25.7. The van der Waals surface area contributed by atoms with Crippen LogP contribution in [0.15, 0.2) is 18.0 Å². The maximum Gasteiger partial charge on any atom is 0.338 e. The van der Waals surface area contributed by atoms with E-state index in [2.05, 4.69) is 30.8 Å². The molecule has 1 aliphatic rings. The second-order valence-corrected chi connectivity index (χ2v) is 7.59. The molecule has 0 atom stereocenters. The maximum absolute atomic E-state index is 12.2. The number of carbonyl (C=O) groups is 3. The minimum atomic E-state index is -1.59. The average Bonchev–Trinajstić information content (AvgIpc) is 3.04. The summed E-state index contributed by atoms with van der Waals surface area (Å²) in [5.74, 6) is -3.07. The van der Waals surface area contributed by atoms with Crippen molar-refractivity contribution in [3.63, 3.8) is 0 Å². The number of carbonyl (C=O) groups excluding carboxylic acids is 1. The number of hydrogen-bond acceptors (Lipinski definition) is 8. The zero-order chi connectivity index (χ0) is 24.2. The fraction of sp³-hybridized carbons (Fsp3) is 0.524. The Kier molecular flexibility index (Phi) is 10.2. The van der Waals surface area contributed by atoms with Crippen molar-refractivity contribution in [2.24, 2.45) is 0 Å². The molecule has 1 aliphatic heterocycles. The predicted octanol–water partition coefficient (Wildman–Crippen LogP) is 1.76. The number of hydrogen-bond donors (Lipinski definition) is 6. The molecule has 2 amide bonds. The first-order valence-corrected chi connectivity index (χ1v) is 11.0. The van der Waals surface area contributed by atoms with Crippen LogP contribution in [0.1, 0.15) is 44.6 Å². The van der Waals surface area contributed by atoms with Crippen LogP contribution in [-0.4, -0.2) is 81.5 Å². The third kappa shape index (κ3) is 8.15. The molecule has 0 radical (unpaired) electrons. The minimum absolute atomic E-state index is 0.0987. The molecule has 12 nitrogen and oxygen atoms in total. The van der Waals surface area contributed by atoms with Gasteiger partial charge in [0.15, 0.2) is 0 Å². The van der Waals surface area contributed by atoms with E-state index >= 15 is 0 Å². The van der Waals surface area contributed by atoms with E-state index in [0.29, 0.717) is 32.1 Å². The molecule has 0 saturated carbocycles. The van der Waals surface area contributed by atoms with Gasteiger partial charge in [-0.1, -0.05) is 19.8 Å². The van der Waals surface area contributed by atoms with E-state index in [-0.39, 0.29) is 17.2 Å². The van der Waals surface area contributed by atoms with Crippen LogP contribution < -0.4 is 16.0 Å². The zero-order valence-corrected chi connectivity index (χ0v) is 18.7. The summed E-state index contributed by atoms with van der Waals surface area (Å²) in [5.41, 5.74) is -1.49. The second kappa shape index (κ2) is 13.1. The molecule has 0 aromatic carbocycles. The Balaban J connectivity index is 2.32. The van der Waals surface area contributed by atoms with Gasteiger partial charge in [-0.2, -0.15) is 0 Å². The van der Waals surface area contributed by atoms with Crippen molar-refractivity contribution < 1.29 is 24.6 Å². The fourth-order valence-electron chi connectivity index (χ4n) is 3.43. The first-order valence-electron chi connectivity index (χ1n) is 11.0. The monoisotopic (exact) mass is 461 g/mol. The number of rotatable bonds is 11. The van der Waals surface area contributed by atoms with Crippen LogP contribution in [0.5, 0.6) is 0 Å². The topological polar surface area (TPSA) is 181 Å². The van der Waals surface area contributed by atoms with E-state index in [1.165, 1.54) is 19.2 Å². The Labute approximate surface area is 192 Å². The SMILES string of the molecule is CCCNC(=O)Nc1ncnc(NCCN2CCCCCC2)c1C(=N)C(=CC(=O)O)C(=O)O. The molecule has 33 heavy (non-hydrogen) atoms. The van der Waals surface area contributed by atoms with Crippen LogP contribution in [-0.2, 0) is 9.59 Å². The van der Waals surface area contributed by atoms with Gasteiger partial charge in [0.05, 0.1) is 16.8 Å². The molecule has 0 spiro atoms. The minimum Gasteiger partial charge on any atom is -0.478 e. The van der Waals surface area contributed by atoms with Gasteiger partial charge in [-0.05, 0) is 32.4 Å². The van der Waals surface area contributed by atoms with E-state index in [1.54, 1.807) is 0 Å². The molecular formula is C21H31N7O5. The number of anilines is 2. The molecule has 0 aliphatic carbocycles. The number of aliphatic carboxylic acids is 2. The highest BCUT2D eigenvalue weighted by Crippen LogP contribution is 2.24. The Morgan fingerprint density at radius 3 is 2.36 bits per heavy atom. The lowest BCUT2D eigenvalue weighted by Crippen LogP contribution is -2.32. The van der Waals surface area contributed by atoms with Gasteiger partial charge in [-0.3, -0.25) is 10.7 Å². The molecule has 1 aromatic rings. The molecule has 1 fully saturated rings. The van der Waals surface area contributed by atoms with Crippen molar-refractivity contribution in [2.45, 2.75) is 39.0 Å². The van der Waals surface area contributed by atoms with Gasteiger partial charge in [0.25, 0.3) is 0 Å². The number of urea groups is 1. The number of likely N-dealkylation sites (tertiary alicyclic amines) is 1. The Morgan fingerprint density at radius 2 is 1.76 bits per heavy atom. The third-order valence-corrected chi connectivity index (χ3v) is 5.05. The molecule has 6 N–H and O–H groups in total. The molecule has 1 aromatic heterocycles. The van der Waals surface area contributed by atoms with E-state index in [0.717, 1.165) is 25.9 Å². The van der Waals surface area contributed by atoms with Gasteiger partial charge in [-0.25, -0.2) is 24.4 Å². The number of amides is 2. The van der Waals surface area contributed by atoms with Crippen LogP contribution >= 0.6 is 0 Å². The van der Waals surface area contributed by atoms with Crippen molar-refractivity contribution >= 4 is 35.3 Å². The quantitative estimate of drug-likeness (QED) is 0.211. The summed E-state index contributed by atoms with van der Waals surface area (Å²) in [5, 5.41) is 35.1. The number of carboxylic acid groups (broad SMARTS) is 2. The van der Waals surface area contributed by atoms with Gasteiger partial charge in [-0.15, -0.1) is 0 Å². The Morgan fingerprint density at radius 1 is 1.09 bits per heavy atom. The summed E-state index contributed by atoms with van der Waals surface area (Å²) < 4.78 is 0. The van der Waals surface area contributed by atoms with Crippen LogP contribution in [0, 0.1) is 5.41 Å². The predicted molar refractivity (Wildman–Crippen MR) is 123 cm³/mol. The maximum atomic E-state index is 12.2. The highest BCUT2D eigenvalue weighted by Gasteiger charge is 2.25. The fourth-order valence-corrected chi connectivity index (χ4v) is 3.43. The summed E-state index contributed by atoms with van der Waals surface area (Å²) in [4.78, 5) is 45.4. The van der Waals surface area contributed by atoms with Gasteiger partial charge in [0.2, 0.25) is 0 Å². The Bertz CT molecular complexity index is 895. The molecular weight excluding hydrogens is 430 g/mol. The van der Waals surface area contributed by atoms with Crippen LogP contribution in [0.4, 0.5) is 16.4 Å². The lowest BCUT2D eigenvalue weighted by atomic mass is 10.0. The van der Waals surface area contributed by atoms with Crippen molar-refractivity contribution in [3.05, 3.63) is 23.5 Å². The molecule has 2 heterocycles. The van der Waals surface area contributed by atoms with Gasteiger partial charge >= 0.3 is 18.0 Å². The van der Waals surface area contributed by atoms with Crippen LogP contribution in [0.25, 0.3) is 0 Å². The summed E-state index contributed by atoms with van der Waals surface area (Å²) >= 11 is 0. The Hall–Kier alpha value is -3.54. The van der Waals surface area contributed by atoms with Crippen molar-refractivity contribution in [1.29, 1.82) is 5.41 Å². The molecule has 12 heteroatoms. The van der Waals surface area contributed by atoms with Crippen molar-refractivity contribution in [2.75, 3.05) is 43.4 Å². The molecule has 0 unspecified atom stereocenters. The summed E-state index contributed by atoms with van der Waals surface area (Å²) in [7, 11) is 0.